The van der Waals surface area contributed by atoms with Gasteiger partial charge in [0.05, 0.1) is 11.4 Å². The quantitative estimate of drug-likeness (QED) is 0.822. The molecule has 1 aliphatic carbocycles. The van der Waals surface area contributed by atoms with Gasteiger partial charge in [-0.15, -0.1) is 0 Å². The van der Waals surface area contributed by atoms with Crippen LogP contribution in [0, 0.1) is 0 Å². The van der Waals surface area contributed by atoms with Crippen molar-refractivity contribution in [1.29, 1.82) is 0 Å². The van der Waals surface area contributed by atoms with E-state index in [1.165, 1.54) is 6.08 Å². The maximum Gasteiger partial charge on any atom is 0.294 e. The summed E-state index contributed by atoms with van der Waals surface area (Å²) in [4.78, 5) is 28.7. The molecule has 1 aliphatic heterocycles. The number of hydrogen-bond donors (Lipinski definition) is 2. The van der Waals surface area contributed by atoms with E-state index >= 15 is 0 Å². The number of carbonyl (C=O) groups is 1. The fourth-order valence-corrected chi connectivity index (χ4v) is 2.82. The third-order valence-corrected chi connectivity index (χ3v) is 3.93. The van der Waals surface area contributed by atoms with Crippen molar-refractivity contribution in [1.82, 2.24) is 9.36 Å². The first kappa shape index (κ1) is 15.3. The lowest BCUT2D eigenvalue weighted by Gasteiger charge is -2.13. The first-order valence-corrected chi connectivity index (χ1v) is 7.77. The molecule has 1 aromatic heterocycles. The van der Waals surface area contributed by atoms with E-state index in [1.807, 2.05) is 18.5 Å². The molecule has 122 valence electrons. The number of fused-ring (bicyclic) bond motifs is 1. The molecule has 23 heavy (non-hydrogen) atoms. The van der Waals surface area contributed by atoms with E-state index in [0.717, 1.165) is 13.0 Å². The molecule has 1 aromatic rings. The maximum atomic E-state index is 12.6. The largest absolute Gasteiger partial charge is 0.397 e. The first-order valence-electron chi connectivity index (χ1n) is 7.77. The van der Waals surface area contributed by atoms with Gasteiger partial charge < -0.3 is 11.1 Å². The highest BCUT2D eigenvalue weighted by atomic mass is 16.1. The Morgan fingerprint density at radius 2 is 1.91 bits per heavy atom. The Balaban J connectivity index is 2.14. The number of nitrogens with one attached hydrogen (secondary N) is 1. The van der Waals surface area contributed by atoms with Crippen molar-refractivity contribution >= 4 is 23.0 Å². The van der Waals surface area contributed by atoms with Crippen LogP contribution >= 0.6 is 0 Å². The topological polar surface area (TPSA) is 94.4 Å². The van der Waals surface area contributed by atoms with Gasteiger partial charge in [0, 0.05) is 25.2 Å². The summed E-state index contributed by atoms with van der Waals surface area (Å²) in [5.41, 5.74) is 7.42. The number of allylic oxidation sites excluding steroid dienone is 3. The Labute approximate surface area is 134 Å². The van der Waals surface area contributed by atoms with Crippen LogP contribution in [0.5, 0.6) is 0 Å². The van der Waals surface area contributed by atoms with Crippen LogP contribution in [0.25, 0.3) is 0 Å². The minimum atomic E-state index is -0.131. The highest BCUT2D eigenvalue weighted by molar-refractivity contribution is 6.22. The van der Waals surface area contributed by atoms with Crippen molar-refractivity contribution < 1.29 is 4.79 Å². The highest BCUT2D eigenvalue weighted by Crippen LogP contribution is 2.27. The third-order valence-electron chi connectivity index (χ3n) is 3.93. The molecular weight excluding hydrogens is 294 g/mol. The minimum absolute atomic E-state index is 0.127. The number of aromatic nitrogens is 2. The van der Waals surface area contributed by atoms with Crippen molar-refractivity contribution in [3.05, 3.63) is 33.8 Å². The van der Waals surface area contributed by atoms with Crippen LogP contribution in [-0.4, -0.2) is 26.9 Å². The number of hydrogen-bond acceptors (Lipinski definition) is 5. The van der Waals surface area contributed by atoms with Crippen molar-refractivity contribution in [3.63, 3.8) is 0 Å². The molecule has 0 atom stereocenters. The van der Waals surface area contributed by atoms with Crippen LogP contribution in [0.4, 0.5) is 11.5 Å². The predicted molar refractivity (Wildman–Crippen MR) is 90.2 cm³/mol. The Hall–Kier alpha value is -2.57. The SMILES string of the molecule is CC1=C/C(=N/c2c(NC(C)C)n3n(c2=O)CCC3)C(N)=CC1=O. The number of carbonyl (C=O) groups excluding carboxylic acids is 1. The zero-order valence-corrected chi connectivity index (χ0v) is 13.6. The lowest BCUT2D eigenvalue weighted by molar-refractivity contribution is -0.111. The van der Waals surface area contributed by atoms with Crippen molar-refractivity contribution in [2.45, 2.75) is 46.3 Å². The van der Waals surface area contributed by atoms with Gasteiger partial charge in [0.15, 0.2) is 17.3 Å². The molecule has 0 amide bonds. The zero-order chi connectivity index (χ0) is 16.7. The predicted octanol–water partition coefficient (Wildman–Crippen LogP) is 1.32. The van der Waals surface area contributed by atoms with E-state index in [9.17, 15) is 9.59 Å². The van der Waals surface area contributed by atoms with Crippen molar-refractivity contribution in [3.8, 4) is 0 Å². The summed E-state index contributed by atoms with van der Waals surface area (Å²) in [6.07, 6.45) is 3.92. The van der Waals surface area contributed by atoms with Gasteiger partial charge in [-0.25, -0.2) is 9.67 Å². The van der Waals surface area contributed by atoms with Gasteiger partial charge in [-0.2, -0.15) is 0 Å². The summed E-state index contributed by atoms with van der Waals surface area (Å²) in [6, 6.07) is 0.173. The second-order valence-electron chi connectivity index (χ2n) is 6.19. The summed E-state index contributed by atoms with van der Waals surface area (Å²) >= 11 is 0. The van der Waals surface area contributed by atoms with Crippen LogP contribution in [0.1, 0.15) is 27.2 Å². The average molecular weight is 315 g/mol. The molecule has 0 radical (unpaired) electrons. The summed E-state index contributed by atoms with van der Waals surface area (Å²) in [7, 11) is 0. The third kappa shape index (κ3) is 2.62. The smallest absolute Gasteiger partial charge is 0.294 e. The number of nitrogens with zero attached hydrogens (tertiary/aromatic N) is 3. The average Bonchev–Trinajstić information content (AvgIpc) is 3.03. The molecule has 7 heteroatoms. The van der Waals surface area contributed by atoms with E-state index in [-0.39, 0.29) is 23.1 Å². The van der Waals surface area contributed by atoms with E-state index in [1.54, 1.807) is 17.7 Å². The summed E-state index contributed by atoms with van der Waals surface area (Å²) < 4.78 is 3.64. The van der Waals surface area contributed by atoms with E-state index < -0.39 is 0 Å². The molecule has 3 rings (SSSR count). The highest BCUT2D eigenvalue weighted by Gasteiger charge is 2.24. The number of nitrogens with two attached hydrogens (primary N) is 1. The first-order chi connectivity index (χ1) is 10.9. The molecule has 0 saturated heterocycles. The molecule has 3 N–H and O–H groups in total. The van der Waals surface area contributed by atoms with E-state index in [4.69, 9.17) is 5.73 Å². The van der Waals surface area contributed by atoms with Crippen molar-refractivity contribution in [2.24, 2.45) is 10.7 Å². The van der Waals surface area contributed by atoms with Crippen LogP contribution in [0.2, 0.25) is 0 Å². The molecule has 0 saturated carbocycles. The van der Waals surface area contributed by atoms with Gasteiger partial charge in [-0.3, -0.25) is 14.3 Å². The van der Waals surface area contributed by atoms with Crippen LogP contribution in [0.15, 0.2) is 33.2 Å². The zero-order valence-electron chi connectivity index (χ0n) is 13.6. The second-order valence-corrected chi connectivity index (χ2v) is 6.19. The number of ketones is 1. The number of rotatable bonds is 3. The standard InChI is InChI=1S/C16H21N5O2/c1-9(2)18-15-14(16(23)21-6-4-5-20(15)21)19-12-7-10(3)13(22)8-11(12)17/h7-9,18H,4-6,17H2,1-3H3/b19-12-. The summed E-state index contributed by atoms with van der Waals surface area (Å²) in [5.74, 6) is 0.587. The van der Waals surface area contributed by atoms with Crippen LogP contribution in [-0.2, 0) is 17.9 Å². The Morgan fingerprint density at radius 3 is 2.61 bits per heavy atom. The molecule has 7 nitrogen and oxygen atoms in total. The summed E-state index contributed by atoms with van der Waals surface area (Å²) in [6.45, 7) is 7.21. The van der Waals surface area contributed by atoms with Gasteiger partial charge in [-0.1, -0.05) is 0 Å². The fourth-order valence-electron chi connectivity index (χ4n) is 2.82. The molecule has 0 unspecified atom stereocenters. The van der Waals surface area contributed by atoms with Gasteiger partial charge in [-0.05, 0) is 38.8 Å². The molecule has 2 aliphatic rings. The van der Waals surface area contributed by atoms with Gasteiger partial charge >= 0.3 is 0 Å². The normalized spacial score (nSPS) is 19.1. The molecule has 0 bridgehead atoms. The lowest BCUT2D eigenvalue weighted by atomic mass is 10.0. The molecule has 0 aromatic carbocycles. The Bertz CT molecular complexity index is 820. The monoisotopic (exact) mass is 315 g/mol. The number of aliphatic imine (C=N–C) groups is 1. The Morgan fingerprint density at radius 1 is 1.22 bits per heavy atom. The van der Waals surface area contributed by atoms with Crippen LogP contribution in [0.3, 0.4) is 0 Å². The van der Waals surface area contributed by atoms with Gasteiger partial charge in [0.1, 0.15) is 0 Å². The van der Waals surface area contributed by atoms with E-state index in [2.05, 4.69) is 10.3 Å². The van der Waals surface area contributed by atoms with Crippen molar-refractivity contribution in [2.75, 3.05) is 5.32 Å². The number of anilines is 1. The van der Waals surface area contributed by atoms with Gasteiger partial charge in [0.2, 0.25) is 0 Å². The summed E-state index contributed by atoms with van der Waals surface area (Å²) in [5, 5.41) is 3.31. The Kier molecular flexibility index (Phi) is 3.71. The van der Waals surface area contributed by atoms with Crippen LogP contribution < -0.4 is 16.6 Å². The molecular formula is C16H21N5O2. The fraction of sp³-hybridized carbons (Fsp3) is 0.438. The minimum Gasteiger partial charge on any atom is -0.397 e. The second kappa shape index (κ2) is 5.57. The molecule has 0 spiro atoms. The molecule has 0 fully saturated rings. The lowest BCUT2D eigenvalue weighted by Crippen LogP contribution is -2.19. The molecule has 2 heterocycles. The maximum absolute atomic E-state index is 12.6. The van der Waals surface area contributed by atoms with Gasteiger partial charge in [0.25, 0.3) is 5.56 Å². The van der Waals surface area contributed by atoms with E-state index in [0.29, 0.717) is 29.3 Å².